The summed E-state index contributed by atoms with van der Waals surface area (Å²) in [5.41, 5.74) is 0.931. The van der Waals surface area contributed by atoms with Gasteiger partial charge in [-0.3, -0.25) is 4.79 Å². The summed E-state index contributed by atoms with van der Waals surface area (Å²) in [5, 5.41) is 10.5. The molecule has 0 unspecified atom stereocenters. The molecule has 0 bridgehead atoms. The van der Waals surface area contributed by atoms with E-state index in [0.29, 0.717) is 17.6 Å². The number of alkyl halides is 3. The van der Waals surface area contributed by atoms with Crippen LogP contribution in [-0.4, -0.2) is 54.2 Å². The van der Waals surface area contributed by atoms with Crippen LogP contribution in [0.15, 0.2) is 16.7 Å². The van der Waals surface area contributed by atoms with Crippen LogP contribution in [0.5, 0.6) is 0 Å². The van der Waals surface area contributed by atoms with Gasteiger partial charge in [-0.15, -0.1) is 0 Å². The SMILES string of the molecule is Cc1ccoc1C(=O)N1C[C@H]2CNC[C@H]2C1.O=C(O)C(F)(F)F. The third kappa shape index (κ3) is 4.04. The molecule has 0 aromatic carbocycles. The average Bonchev–Trinajstić information content (AvgIpc) is 3.11. The van der Waals surface area contributed by atoms with E-state index in [-0.39, 0.29) is 5.91 Å². The normalized spacial score (nSPS) is 23.2. The molecule has 1 aromatic heterocycles. The zero-order valence-corrected chi connectivity index (χ0v) is 12.4. The first kappa shape index (κ1) is 17.3. The molecule has 2 atom stereocenters. The fourth-order valence-electron chi connectivity index (χ4n) is 2.76. The number of furan rings is 1. The van der Waals surface area contributed by atoms with Crippen molar-refractivity contribution in [1.82, 2.24) is 10.2 Å². The molecule has 3 heterocycles. The van der Waals surface area contributed by atoms with Gasteiger partial charge in [0, 0.05) is 31.7 Å². The first-order valence-electron chi connectivity index (χ1n) is 7.04. The number of rotatable bonds is 1. The highest BCUT2D eigenvalue weighted by Crippen LogP contribution is 2.28. The lowest BCUT2D eigenvalue weighted by atomic mass is 10.0. The first-order valence-corrected chi connectivity index (χ1v) is 7.04. The number of nitrogens with zero attached hydrogens (tertiary/aromatic N) is 1. The number of hydrogen-bond acceptors (Lipinski definition) is 4. The predicted octanol–water partition coefficient (Wildman–Crippen LogP) is 1.51. The Morgan fingerprint density at radius 3 is 2.22 bits per heavy atom. The van der Waals surface area contributed by atoms with Gasteiger partial charge in [-0.25, -0.2) is 4.79 Å². The smallest absolute Gasteiger partial charge is 0.475 e. The van der Waals surface area contributed by atoms with Gasteiger partial charge in [-0.1, -0.05) is 0 Å². The Morgan fingerprint density at radius 2 is 1.83 bits per heavy atom. The summed E-state index contributed by atoms with van der Waals surface area (Å²) in [7, 11) is 0. The Morgan fingerprint density at radius 1 is 1.30 bits per heavy atom. The number of likely N-dealkylation sites (tertiary alicyclic amines) is 1. The molecule has 0 saturated carbocycles. The molecule has 2 saturated heterocycles. The van der Waals surface area contributed by atoms with Gasteiger partial charge in [-0.05, 0) is 24.8 Å². The lowest BCUT2D eigenvalue weighted by Gasteiger charge is -2.16. The molecule has 128 valence electrons. The second-order valence-corrected chi connectivity index (χ2v) is 5.62. The summed E-state index contributed by atoms with van der Waals surface area (Å²) in [6.07, 6.45) is -3.50. The van der Waals surface area contributed by atoms with Crippen LogP contribution < -0.4 is 5.32 Å². The van der Waals surface area contributed by atoms with Gasteiger partial charge in [0.1, 0.15) is 0 Å². The molecule has 2 N–H and O–H groups in total. The highest BCUT2D eigenvalue weighted by Gasteiger charge is 2.39. The molecule has 1 amide bonds. The van der Waals surface area contributed by atoms with E-state index in [1.165, 1.54) is 0 Å². The van der Waals surface area contributed by atoms with Crippen molar-refractivity contribution in [2.45, 2.75) is 13.1 Å². The molecular weight excluding hydrogens is 317 g/mol. The fourth-order valence-corrected chi connectivity index (χ4v) is 2.76. The lowest BCUT2D eigenvalue weighted by Crippen LogP contribution is -2.31. The van der Waals surface area contributed by atoms with Gasteiger partial charge in [0.15, 0.2) is 5.76 Å². The quantitative estimate of drug-likeness (QED) is 0.813. The number of amides is 1. The first-order chi connectivity index (χ1) is 10.7. The van der Waals surface area contributed by atoms with Crippen molar-refractivity contribution in [2.24, 2.45) is 11.8 Å². The average molecular weight is 334 g/mol. The largest absolute Gasteiger partial charge is 0.490 e. The molecule has 3 rings (SSSR count). The van der Waals surface area contributed by atoms with Gasteiger partial charge in [0.05, 0.1) is 6.26 Å². The Balaban J connectivity index is 0.000000236. The summed E-state index contributed by atoms with van der Waals surface area (Å²) in [6, 6.07) is 1.84. The minimum absolute atomic E-state index is 0.0527. The maximum absolute atomic E-state index is 12.2. The van der Waals surface area contributed by atoms with Crippen LogP contribution in [0.3, 0.4) is 0 Å². The van der Waals surface area contributed by atoms with E-state index in [2.05, 4.69) is 5.32 Å². The number of nitrogens with one attached hydrogen (secondary N) is 1. The third-order valence-electron chi connectivity index (χ3n) is 3.98. The molecule has 9 heteroatoms. The number of carboxylic acids is 1. The molecule has 0 radical (unpaired) electrons. The predicted molar refractivity (Wildman–Crippen MR) is 72.9 cm³/mol. The van der Waals surface area contributed by atoms with Crippen LogP contribution in [0.1, 0.15) is 16.1 Å². The maximum Gasteiger partial charge on any atom is 0.490 e. The summed E-state index contributed by atoms with van der Waals surface area (Å²) in [4.78, 5) is 23.0. The van der Waals surface area contributed by atoms with Crippen molar-refractivity contribution in [3.05, 3.63) is 23.7 Å². The van der Waals surface area contributed by atoms with E-state index in [0.717, 1.165) is 31.7 Å². The van der Waals surface area contributed by atoms with E-state index in [1.54, 1.807) is 6.26 Å². The number of carbonyl (C=O) groups is 2. The van der Waals surface area contributed by atoms with Gasteiger partial charge in [0.2, 0.25) is 0 Å². The van der Waals surface area contributed by atoms with Crippen LogP contribution in [0.2, 0.25) is 0 Å². The highest BCUT2D eigenvalue weighted by molar-refractivity contribution is 5.93. The third-order valence-corrected chi connectivity index (χ3v) is 3.98. The van der Waals surface area contributed by atoms with Crippen molar-refractivity contribution >= 4 is 11.9 Å². The van der Waals surface area contributed by atoms with Crippen LogP contribution in [-0.2, 0) is 4.79 Å². The number of halogens is 3. The topological polar surface area (TPSA) is 82.8 Å². The molecule has 6 nitrogen and oxygen atoms in total. The second kappa shape index (κ2) is 6.61. The van der Waals surface area contributed by atoms with Crippen molar-refractivity contribution in [2.75, 3.05) is 26.2 Å². The maximum atomic E-state index is 12.2. The number of aliphatic carboxylic acids is 1. The highest BCUT2D eigenvalue weighted by atomic mass is 19.4. The monoisotopic (exact) mass is 334 g/mol. The van der Waals surface area contributed by atoms with Crippen molar-refractivity contribution < 1.29 is 32.3 Å². The molecule has 0 aliphatic carbocycles. The Kier molecular flexibility index (Phi) is 4.98. The minimum atomic E-state index is -5.08. The summed E-state index contributed by atoms with van der Waals surface area (Å²) in [6.45, 7) is 5.75. The number of carboxylic acid groups (broad SMARTS) is 1. The van der Waals surface area contributed by atoms with E-state index in [9.17, 15) is 18.0 Å². The van der Waals surface area contributed by atoms with Crippen LogP contribution in [0.4, 0.5) is 13.2 Å². The Bertz CT molecular complexity index is 573. The van der Waals surface area contributed by atoms with Crippen LogP contribution in [0.25, 0.3) is 0 Å². The molecule has 0 spiro atoms. The zero-order chi connectivity index (χ0) is 17.2. The molecule has 2 aliphatic heterocycles. The van der Waals surface area contributed by atoms with E-state index in [4.69, 9.17) is 14.3 Å². The van der Waals surface area contributed by atoms with E-state index in [1.807, 2.05) is 17.9 Å². The summed E-state index contributed by atoms with van der Waals surface area (Å²) >= 11 is 0. The standard InChI is InChI=1S/C12H16N2O2.C2HF3O2/c1-8-2-3-16-11(8)12(15)14-6-9-4-13-5-10(9)7-14;3-2(4,5)1(6)7/h2-3,9-10,13H,4-7H2,1H3;(H,6,7)/t9-,10+;. The molecular formula is C14H17F3N2O4. The zero-order valence-electron chi connectivity index (χ0n) is 12.4. The number of carbonyl (C=O) groups excluding carboxylic acids is 1. The van der Waals surface area contributed by atoms with Crippen molar-refractivity contribution in [1.29, 1.82) is 0 Å². The van der Waals surface area contributed by atoms with Crippen molar-refractivity contribution in [3.63, 3.8) is 0 Å². The molecule has 2 aliphatic rings. The summed E-state index contributed by atoms with van der Waals surface area (Å²) in [5.74, 6) is -0.921. The van der Waals surface area contributed by atoms with E-state index >= 15 is 0 Å². The number of fused-ring (bicyclic) bond motifs is 1. The number of aryl methyl sites for hydroxylation is 1. The molecule has 23 heavy (non-hydrogen) atoms. The second-order valence-electron chi connectivity index (χ2n) is 5.62. The van der Waals surface area contributed by atoms with Crippen LogP contribution >= 0.6 is 0 Å². The van der Waals surface area contributed by atoms with Gasteiger partial charge < -0.3 is 19.7 Å². The molecule has 1 aromatic rings. The van der Waals surface area contributed by atoms with E-state index < -0.39 is 12.1 Å². The lowest BCUT2D eigenvalue weighted by molar-refractivity contribution is -0.192. The van der Waals surface area contributed by atoms with Crippen molar-refractivity contribution in [3.8, 4) is 0 Å². The van der Waals surface area contributed by atoms with Gasteiger partial charge in [0.25, 0.3) is 5.91 Å². The fraction of sp³-hybridized carbons (Fsp3) is 0.571. The van der Waals surface area contributed by atoms with Gasteiger partial charge >= 0.3 is 12.1 Å². The molecule has 2 fully saturated rings. The van der Waals surface area contributed by atoms with Gasteiger partial charge in [-0.2, -0.15) is 13.2 Å². The number of hydrogen-bond donors (Lipinski definition) is 2. The Labute approximate surface area is 130 Å². The Hall–Kier alpha value is -2.03. The summed E-state index contributed by atoms with van der Waals surface area (Å²) < 4.78 is 37.0. The van der Waals surface area contributed by atoms with Crippen LogP contribution in [0, 0.1) is 18.8 Å². The minimum Gasteiger partial charge on any atom is -0.475 e.